The largest absolute Gasteiger partial charge is 0.508 e. The van der Waals surface area contributed by atoms with Crippen molar-refractivity contribution in [1.82, 2.24) is 10.9 Å². The van der Waals surface area contributed by atoms with Crippen molar-refractivity contribution in [2.45, 2.75) is 6.92 Å². The van der Waals surface area contributed by atoms with Crippen molar-refractivity contribution in [2.24, 2.45) is 0 Å². The Bertz CT molecular complexity index is 431. The summed E-state index contributed by atoms with van der Waals surface area (Å²) in [5.74, 6) is -0.203. The van der Waals surface area contributed by atoms with Crippen molar-refractivity contribution in [3.63, 3.8) is 0 Å². The van der Waals surface area contributed by atoms with E-state index in [4.69, 9.17) is 5.11 Å². The van der Waals surface area contributed by atoms with Gasteiger partial charge in [-0.15, -0.1) is 0 Å². The lowest BCUT2D eigenvalue weighted by atomic mass is 10.1. The molecule has 1 aromatic carbocycles. The van der Waals surface area contributed by atoms with Gasteiger partial charge < -0.3 is 14.9 Å². The Morgan fingerprint density at radius 3 is 2.71 bits per heavy atom. The maximum absolute atomic E-state index is 11.0. The number of benzene rings is 1. The van der Waals surface area contributed by atoms with Crippen molar-refractivity contribution in [3.05, 3.63) is 30.3 Å². The van der Waals surface area contributed by atoms with Crippen molar-refractivity contribution in [1.29, 1.82) is 0 Å². The molecule has 1 amide bonds. The Morgan fingerprint density at radius 2 is 2.12 bits per heavy atom. The highest BCUT2D eigenvalue weighted by Gasteiger charge is 2.07. The molecule has 0 heterocycles. The number of phenols is 2. The van der Waals surface area contributed by atoms with Gasteiger partial charge in [0.05, 0.1) is 12.3 Å². The first kappa shape index (κ1) is 12.7. The topological polar surface area (TPSA) is 90.8 Å². The normalized spacial score (nSPS) is 9.47. The van der Waals surface area contributed by atoms with E-state index in [9.17, 15) is 9.90 Å². The minimum atomic E-state index is -0.646. The first-order valence-electron chi connectivity index (χ1n) is 4.94. The van der Waals surface area contributed by atoms with Crippen molar-refractivity contribution in [3.8, 4) is 11.5 Å². The van der Waals surface area contributed by atoms with E-state index in [-0.39, 0.29) is 23.8 Å². The average Bonchev–Trinajstić information content (AvgIpc) is 2.26. The summed E-state index contributed by atoms with van der Waals surface area (Å²) < 4.78 is 4.62. The molecule has 0 aliphatic rings. The summed E-state index contributed by atoms with van der Waals surface area (Å²) >= 11 is 0. The SMILES string of the molecule is C=C(NNC(=O)OCC)c1ccc(O)cc1O. The second-order valence-electron chi connectivity index (χ2n) is 3.15. The van der Waals surface area contributed by atoms with Crippen LogP contribution in [0.2, 0.25) is 0 Å². The third-order valence-electron chi connectivity index (χ3n) is 1.90. The zero-order chi connectivity index (χ0) is 12.8. The molecule has 0 atom stereocenters. The van der Waals surface area contributed by atoms with Gasteiger partial charge in [0.2, 0.25) is 0 Å². The van der Waals surface area contributed by atoms with Crippen LogP contribution in [0.5, 0.6) is 11.5 Å². The number of hydrogen-bond donors (Lipinski definition) is 4. The lowest BCUT2D eigenvalue weighted by Gasteiger charge is -2.12. The van der Waals surface area contributed by atoms with E-state index >= 15 is 0 Å². The van der Waals surface area contributed by atoms with Crippen LogP contribution in [0.1, 0.15) is 12.5 Å². The minimum absolute atomic E-state index is 0.0580. The van der Waals surface area contributed by atoms with Gasteiger partial charge in [-0.3, -0.25) is 5.43 Å². The van der Waals surface area contributed by atoms with Gasteiger partial charge in [0.25, 0.3) is 0 Å². The Hall–Kier alpha value is -2.37. The van der Waals surface area contributed by atoms with Gasteiger partial charge >= 0.3 is 6.09 Å². The highest BCUT2D eigenvalue weighted by atomic mass is 16.5. The fourth-order valence-electron chi connectivity index (χ4n) is 1.14. The molecule has 92 valence electrons. The molecule has 1 rings (SSSR count). The third-order valence-corrected chi connectivity index (χ3v) is 1.90. The fourth-order valence-corrected chi connectivity index (χ4v) is 1.14. The first-order chi connectivity index (χ1) is 8.04. The first-order valence-corrected chi connectivity index (χ1v) is 4.94. The summed E-state index contributed by atoms with van der Waals surface area (Å²) in [6, 6.07) is 4.03. The standard InChI is InChI=1S/C11H14N2O4/c1-3-17-11(16)13-12-7(2)9-5-4-8(14)6-10(9)15/h4-6,12,14-15H,2-3H2,1H3,(H,13,16). The summed E-state index contributed by atoms with van der Waals surface area (Å²) in [4.78, 5) is 11.0. The number of carbonyl (C=O) groups excluding carboxylic acids is 1. The van der Waals surface area contributed by atoms with E-state index < -0.39 is 6.09 Å². The van der Waals surface area contributed by atoms with E-state index in [0.29, 0.717) is 5.56 Å². The highest BCUT2D eigenvalue weighted by Crippen LogP contribution is 2.26. The summed E-state index contributed by atoms with van der Waals surface area (Å²) in [5.41, 5.74) is 5.36. The highest BCUT2D eigenvalue weighted by molar-refractivity contribution is 5.72. The molecule has 0 bridgehead atoms. The van der Waals surface area contributed by atoms with Gasteiger partial charge in [-0.2, -0.15) is 0 Å². The van der Waals surface area contributed by atoms with Gasteiger partial charge in [0, 0.05) is 11.6 Å². The number of carbonyl (C=O) groups is 1. The number of hydrazine groups is 1. The van der Waals surface area contributed by atoms with Gasteiger partial charge in [-0.25, -0.2) is 10.2 Å². The molecule has 6 heteroatoms. The van der Waals surface area contributed by atoms with E-state index in [2.05, 4.69) is 22.2 Å². The van der Waals surface area contributed by atoms with Crippen LogP contribution in [0.4, 0.5) is 4.79 Å². The summed E-state index contributed by atoms with van der Waals surface area (Å²) in [6.45, 7) is 5.56. The molecule has 0 saturated carbocycles. The van der Waals surface area contributed by atoms with Crippen LogP contribution in [0, 0.1) is 0 Å². The van der Waals surface area contributed by atoms with Crippen LogP contribution in [-0.4, -0.2) is 22.9 Å². The molecule has 6 nitrogen and oxygen atoms in total. The Kier molecular flexibility index (Phi) is 4.21. The molecule has 0 aliphatic carbocycles. The molecule has 0 unspecified atom stereocenters. The molecule has 0 saturated heterocycles. The summed E-state index contributed by atoms with van der Waals surface area (Å²) in [7, 11) is 0. The molecular weight excluding hydrogens is 224 g/mol. The minimum Gasteiger partial charge on any atom is -0.508 e. The molecule has 17 heavy (non-hydrogen) atoms. The van der Waals surface area contributed by atoms with Gasteiger partial charge in [0.15, 0.2) is 0 Å². The number of amides is 1. The zero-order valence-corrected chi connectivity index (χ0v) is 9.36. The number of phenolic OH excluding ortho intramolecular Hbond substituents is 2. The smallest absolute Gasteiger partial charge is 0.425 e. The molecular formula is C11H14N2O4. The number of rotatable bonds is 4. The van der Waals surface area contributed by atoms with Gasteiger partial charge in [0.1, 0.15) is 11.5 Å². The van der Waals surface area contributed by atoms with E-state index in [1.807, 2.05) is 0 Å². The molecule has 0 fully saturated rings. The van der Waals surface area contributed by atoms with Crippen molar-refractivity contribution in [2.75, 3.05) is 6.61 Å². The summed E-state index contributed by atoms with van der Waals surface area (Å²) in [6.07, 6.45) is -0.646. The van der Waals surface area contributed by atoms with E-state index in [0.717, 1.165) is 0 Å². The lowest BCUT2D eigenvalue weighted by Crippen LogP contribution is -2.36. The summed E-state index contributed by atoms with van der Waals surface area (Å²) in [5, 5.41) is 18.6. The molecule has 4 N–H and O–H groups in total. The van der Waals surface area contributed by atoms with Gasteiger partial charge in [-0.05, 0) is 19.1 Å². The maximum Gasteiger partial charge on any atom is 0.425 e. The van der Waals surface area contributed by atoms with Crippen LogP contribution >= 0.6 is 0 Å². The van der Waals surface area contributed by atoms with E-state index in [1.54, 1.807) is 6.92 Å². The Morgan fingerprint density at radius 1 is 1.41 bits per heavy atom. The average molecular weight is 238 g/mol. The molecule has 0 spiro atoms. The zero-order valence-electron chi connectivity index (χ0n) is 9.36. The quantitative estimate of drug-likeness (QED) is 0.594. The van der Waals surface area contributed by atoms with Gasteiger partial charge in [-0.1, -0.05) is 6.58 Å². The number of aromatic hydroxyl groups is 2. The number of ether oxygens (including phenoxy) is 1. The monoisotopic (exact) mass is 238 g/mol. The van der Waals surface area contributed by atoms with Crippen LogP contribution in [0.25, 0.3) is 5.70 Å². The Balaban J connectivity index is 2.61. The van der Waals surface area contributed by atoms with Crippen LogP contribution < -0.4 is 10.9 Å². The van der Waals surface area contributed by atoms with Crippen LogP contribution in [0.3, 0.4) is 0 Å². The second kappa shape index (κ2) is 5.64. The van der Waals surface area contributed by atoms with E-state index in [1.165, 1.54) is 18.2 Å². The fraction of sp³-hybridized carbons (Fsp3) is 0.182. The molecule has 0 aliphatic heterocycles. The Labute approximate surface area is 98.5 Å². The third kappa shape index (κ3) is 3.60. The molecule has 0 radical (unpaired) electrons. The molecule has 0 aromatic heterocycles. The predicted octanol–water partition coefficient (Wildman–Crippen LogP) is 1.32. The van der Waals surface area contributed by atoms with Crippen LogP contribution in [0.15, 0.2) is 24.8 Å². The van der Waals surface area contributed by atoms with Crippen molar-refractivity contribution < 1.29 is 19.7 Å². The maximum atomic E-state index is 11.0. The van der Waals surface area contributed by atoms with Crippen molar-refractivity contribution >= 4 is 11.8 Å². The molecule has 1 aromatic rings. The number of nitrogens with one attached hydrogen (secondary N) is 2. The van der Waals surface area contributed by atoms with Crippen LogP contribution in [-0.2, 0) is 4.74 Å². The predicted molar refractivity (Wildman–Crippen MR) is 62.1 cm³/mol. The second-order valence-corrected chi connectivity index (χ2v) is 3.15. The number of hydrogen-bond acceptors (Lipinski definition) is 5. The lowest BCUT2D eigenvalue weighted by molar-refractivity contribution is 0.149.